The molecule has 8 heteroatoms. The first-order valence-corrected chi connectivity index (χ1v) is 8.91. The predicted molar refractivity (Wildman–Crippen MR) is 93.6 cm³/mol. The molecule has 0 radical (unpaired) electrons. The lowest BCUT2D eigenvalue weighted by molar-refractivity contribution is -0.120. The minimum atomic E-state index is -0.264. The van der Waals surface area contributed by atoms with Gasteiger partial charge in [0.25, 0.3) is 5.91 Å². The number of amides is 2. The Hall–Kier alpha value is -2.06. The number of carbonyl (C=O) groups excluding carboxylic acids is 2. The summed E-state index contributed by atoms with van der Waals surface area (Å²) in [6.07, 6.45) is 0. The number of hydrogen-bond donors (Lipinski definition) is 2. The van der Waals surface area contributed by atoms with Crippen LogP contribution in [-0.2, 0) is 11.3 Å². The van der Waals surface area contributed by atoms with Crippen molar-refractivity contribution in [3.63, 3.8) is 0 Å². The Morgan fingerprint density at radius 1 is 1.08 bits per heavy atom. The van der Waals surface area contributed by atoms with E-state index >= 15 is 0 Å². The van der Waals surface area contributed by atoms with Gasteiger partial charge in [-0.15, -0.1) is 11.3 Å². The zero-order valence-corrected chi connectivity index (χ0v) is 15.0. The van der Waals surface area contributed by atoms with Gasteiger partial charge in [0.2, 0.25) is 5.91 Å². The van der Waals surface area contributed by atoms with Crippen LogP contribution < -0.4 is 20.1 Å². The molecular weight excluding hydrogens is 396 g/mol. The van der Waals surface area contributed by atoms with Crippen LogP contribution >= 0.6 is 27.3 Å². The molecule has 3 rings (SSSR count). The lowest BCUT2D eigenvalue weighted by atomic mass is 10.2. The van der Waals surface area contributed by atoms with Gasteiger partial charge in [0.15, 0.2) is 11.5 Å². The molecule has 1 aliphatic heterocycles. The summed E-state index contributed by atoms with van der Waals surface area (Å²) in [7, 11) is 0. The molecule has 6 nitrogen and oxygen atoms in total. The lowest BCUT2D eigenvalue weighted by Gasteiger charge is -2.19. The molecule has 0 saturated carbocycles. The monoisotopic (exact) mass is 410 g/mol. The molecule has 0 bridgehead atoms. The fourth-order valence-corrected chi connectivity index (χ4v) is 3.45. The summed E-state index contributed by atoms with van der Waals surface area (Å²) in [5.74, 6) is 0.879. The summed E-state index contributed by atoms with van der Waals surface area (Å²) in [4.78, 5) is 24.3. The van der Waals surface area contributed by atoms with E-state index in [2.05, 4.69) is 26.6 Å². The van der Waals surface area contributed by atoms with Crippen LogP contribution in [0, 0.1) is 0 Å². The number of ether oxygens (including phenoxy) is 2. The topological polar surface area (TPSA) is 76.7 Å². The summed E-state index contributed by atoms with van der Waals surface area (Å²) in [6, 6.07) is 9.04. The molecule has 0 saturated heterocycles. The Morgan fingerprint density at radius 3 is 2.62 bits per heavy atom. The van der Waals surface area contributed by atoms with Crippen molar-refractivity contribution in [2.45, 2.75) is 6.54 Å². The fraction of sp³-hybridized carbons (Fsp3) is 0.250. The van der Waals surface area contributed by atoms with E-state index in [1.807, 2.05) is 18.2 Å². The molecule has 0 unspecified atom stereocenters. The highest BCUT2D eigenvalue weighted by molar-refractivity contribution is 9.11. The largest absolute Gasteiger partial charge is 0.486 e. The summed E-state index contributed by atoms with van der Waals surface area (Å²) < 4.78 is 11.8. The molecule has 2 amide bonds. The molecule has 1 aromatic heterocycles. The number of benzene rings is 1. The van der Waals surface area contributed by atoms with Gasteiger partial charge in [-0.1, -0.05) is 6.07 Å². The van der Waals surface area contributed by atoms with E-state index in [1.54, 1.807) is 12.1 Å². The highest BCUT2D eigenvalue weighted by Gasteiger charge is 2.13. The number of fused-ring (bicyclic) bond motifs is 1. The molecule has 2 heterocycles. The van der Waals surface area contributed by atoms with E-state index in [0.717, 1.165) is 9.35 Å². The first kappa shape index (κ1) is 16.8. The van der Waals surface area contributed by atoms with Crippen molar-refractivity contribution in [1.82, 2.24) is 10.6 Å². The van der Waals surface area contributed by atoms with Gasteiger partial charge in [-0.3, -0.25) is 9.59 Å². The third kappa shape index (κ3) is 4.27. The zero-order valence-electron chi connectivity index (χ0n) is 12.6. The SMILES string of the molecule is O=C(CNC(=O)c1ccc(Br)s1)NCc1ccc2c(c1)OCCO2. The maximum Gasteiger partial charge on any atom is 0.261 e. The van der Waals surface area contributed by atoms with Gasteiger partial charge in [-0.05, 0) is 45.8 Å². The number of hydrogen-bond acceptors (Lipinski definition) is 5. The summed E-state index contributed by atoms with van der Waals surface area (Å²) in [5.41, 5.74) is 0.904. The van der Waals surface area contributed by atoms with Crippen LogP contribution in [0.2, 0.25) is 0 Å². The second-order valence-corrected chi connectivity index (χ2v) is 7.50. The molecule has 1 aliphatic rings. The van der Waals surface area contributed by atoms with Gasteiger partial charge >= 0.3 is 0 Å². The van der Waals surface area contributed by atoms with E-state index < -0.39 is 0 Å². The molecule has 24 heavy (non-hydrogen) atoms. The highest BCUT2D eigenvalue weighted by atomic mass is 79.9. The maximum absolute atomic E-state index is 11.9. The molecule has 0 fully saturated rings. The smallest absolute Gasteiger partial charge is 0.261 e. The fourth-order valence-electron chi connectivity index (χ4n) is 2.14. The van der Waals surface area contributed by atoms with Crippen molar-refractivity contribution in [2.24, 2.45) is 0 Å². The third-order valence-corrected chi connectivity index (χ3v) is 4.93. The van der Waals surface area contributed by atoms with Gasteiger partial charge in [-0.25, -0.2) is 0 Å². The number of nitrogens with one attached hydrogen (secondary N) is 2. The predicted octanol–water partition coefficient (Wildman–Crippen LogP) is 2.33. The second kappa shape index (κ2) is 7.67. The van der Waals surface area contributed by atoms with Crippen molar-refractivity contribution in [2.75, 3.05) is 19.8 Å². The van der Waals surface area contributed by atoms with Crippen LogP contribution in [0.5, 0.6) is 11.5 Å². The van der Waals surface area contributed by atoms with Crippen molar-refractivity contribution in [3.8, 4) is 11.5 Å². The van der Waals surface area contributed by atoms with Crippen LogP contribution in [-0.4, -0.2) is 31.6 Å². The van der Waals surface area contributed by atoms with Crippen LogP contribution in [0.4, 0.5) is 0 Å². The van der Waals surface area contributed by atoms with Crippen LogP contribution in [0.1, 0.15) is 15.2 Å². The molecule has 1 aromatic carbocycles. The zero-order chi connectivity index (χ0) is 16.9. The molecular formula is C16H15BrN2O4S. The number of thiophene rings is 1. The standard InChI is InChI=1S/C16H15BrN2O4S/c17-14-4-3-13(24-14)16(21)19-9-15(20)18-8-10-1-2-11-12(7-10)23-6-5-22-11/h1-4,7H,5-6,8-9H2,(H,18,20)(H,19,21). The van der Waals surface area contributed by atoms with E-state index in [-0.39, 0.29) is 18.4 Å². The van der Waals surface area contributed by atoms with Gasteiger partial charge in [-0.2, -0.15) is 0 Å². The normalized spacial score (nSPS) is 12.5. The number of rotatable bonds is 5. The van der Waals surface area contributed by atoms with Crippen molar-refractivity contribution < 1.29 is 19.1 Å². The number of halogens is 1. The van der Waals surface area contributed by atoms with Crippen LogP contribution in [0.3, 0.4) is 0 Å². The van der Waals surface area contributed by atoms with E-state index in [9.17, 15) is 9.59 Å². The van der Waals surface area contributed by atoms with Crippen molar-refractivity contribution in [1.29, 1.82) is 0 Å². The van der Waals surface area contributed by atoms with E-state index in [4.69, 9.17) is 9.47 Å². The average molecular weight is 411 g/mol. The Labute approximate surface area is 151 Å². The van der Waals surface area contributed by atoms with Crippen molar-refractivity contribution in [3.05, 3.63) is 44.6 Å². The van der Waals surface area contributed by atoms with E-state index in [0.29, 0.717) is 36.1 Å². The molecule has 126 valence electrons. The van der Waals surface area contributed by atoms with Crippen LogP contribution in [0.15, 0.2) is 34.1 Å². The first-order valence-electron chi connectivity index (χ1n) is 7.30. The Balaban J connectivity index is 1.46. The molecule has 2 aromatic rings. The molecule has 0 spiro atoms. The van der Waals surface area contributed by atoms with Gasteiger partial charge < -0.3 is 20.1 Å². The van der Waals surface area contributed by atoms with Gasteiger partial charge in [0, 0.05) is 6.54 Å². The highest BCUT2D eigenvalue weighted by Crippen LogP contribution is 2.30. The Bertz CT molecular complexity index is 762. The second-order valence-electron chi connectivity index (χ2n) is 5.04. The van der Waals surface area contributed by atoms with E-state index in [1.165, 1.54) is 11.3 Å². The molecule has 0 atom stereocenters. The first-order chi connectivity index (χ1) is 11.6. The maximum atomic E-state index is 11.9. The average Bonchev–Trinajstić information content (AvgIpc) is 3.04. The molecule has 2 N–H and O–H groups in total. The minimum Gasteiger partial charge on any atom is -0.486 e. The van der Waals surface area contributed by atoms with Crippen molar-refractivity contribution >= 4 is 39.1 Å². The molecule has 0 aliphatic carbocycles. The quantitative estimate of drug-likeness (QED) is 0.792. The van der Waals surface area contributed by atoms with Gasteiger partial charge in [0.05, 0.1) is 15.2 Å². The van der Waals surface area contributed by atoms with Gasteiger partial charge in [0.1, 0.15) is 13.2 Å². The Kier molecular flexibility index (Phi) is 5.37. The Morgan fingerprint density at radius 2 is 1.88 bits per heavy atom. The minimum absolute atomic E-state index is 0.0705. The van der Waals surface area contributed by atoms with Crippen LogP contribution in [0.25, 0.3) is 0 Å². The lowest BCUT2D eigenvalue weighted by Crippen LogP contribution is -2.36. The number of carbonyl (C=O) groups is 2. The third-order valence-electron chi connectivity index (χ3n) is 3.30. The summed E-state index contributed by atoms with van der Waals surface area (Å²) >= 11 is 4.62. The summed E-state index contributed by atoms with van der Waals surface area (Å²) in [5, 5.41) is 5.35. The summed E-state index contributed by atoms with van der Waals surface area (Å²) in [6.45, 7) is 1.35.